The van der Waals surface area contributed by atoms with Gasteiger partial charge in [0, 0.05) is 29.3 Å². The number of H-pyrrole nitrogens is 1. The molecule has 2 heteroatoms. The minimum Gasteiger partial charge on any atom is -0.358 e. The maximum Gasteiger partial charge on any atom is 0.0489 e. The Morgan fingerprint density at radius 1 is 0.952 bits per heavy atom. The molecule has 114 valence electrons. The monoisotopic (exact) mass is 284 g/mol. The van der Waals surface area contributed by atoms with E-state index in [0.29, 0.717) is 0 Å². The molecule has 0 unspecified atom stereocenters. The Morgan fingerprint density at radius 2 is 1.62 bits per heavy atom. The topological polar surface area (TPSA) is 28.7 Å². The first-order valence-electron chi connectivity index (χ1n) is 8.32. The van der Waals surface area contributed by atoms with Crippen LogP contribution < -0.4 is 0 Å². The smallest absolute Gasteiger partial charge is 0.0489 e. The number of nitrogens with zero attached hydrogens (tertiary/aromatic N) is 1. The lowest BCUT2D eigenvalue weighted by Crippen LogP contribution is -1.90. The molecule has 0 aliphatic rings. The first-order chi connectivity index (χ1) is 10.2. The lowest BCUT2D eigenvalue weighted by Gasteiger charge is -2.04. The SMILES string of the molecule is CCCCCCCCc1c(C)[nH]c(-c2ccncc2)c1C. The van der Waals surface area contributed by atoms with E-state index >= 15 is 0 Å². The fourth-order valence-corrected chi connectivity index (χ4v) is 3.05. The number of aryl methyl sites for hydroxylation is 1. The number of hydrogen-bond acceptors (Lipinski definition) is 1. The predicted octanol–water partition coefficient (Wildman–Crippen LogP) is 5.60. The molecule has 2 heterocycles. The Kier molecular flexibility index (Phi) is 6.04. The van der Waals surface area contributed by atoms with Crippen molar-refractivity contribution in [3.63, 3.8) is 0 Å². The fourth-order valence-electron chi connectivity index (χ4n) is 3.05. The van der Waals surface area contributed by atoms with Gasteiger partial charge in [-0.2, -0.15) is 0 Å². The van der Waals surface area contributed by atoms with Crippen molar-refractivity contribution in [2.45, 2.75) is 65.7 Å². The normalized spacial score (nSPS) is 11.0. The van der Waals surface area contributed by atoms with Crippen molar-refractivity contribution >= 4 is 0 Å². The number of unbranched alkanes of at least 4 members (excludes halogenated alkanes) is 5. The van der Waals surface area contributed by atoms with Crippen LogP contribution in [0.15, 0.2) is 24.5 Å². The van der Waals surface area contributed by atoms with Crippen LogP contribution in [0.4, 0.5) is 0 Å². The van der Waals surface area contributed by atoms with E-state index in [1.165, 1.54) is 73.0 Å². The van der Waals surface area contributed by atoms with Gasteiger partial charge in [-0.15, -0.1) is 0 Å². The maximum absolute atomic E-state index is 4.10. The standard InChI is InChI=1S/C19H28N2/c1-4-5-6-7-8-9-10-18-15(2)19(21-16(18)3)17-11-13-20-14-12-17/h11-14,21H,4-10H2,1-3H3. The van der Waals surface area contributed by atoms with Gasteiger partial charge in [0.1, 0.15) is 0 Å². The molecule has 2 aromatic rings. The van der Waals surface area contributed by atoms with Crippen LogP contribution in [0.3, 0.4) is 0 Å². The summed E-state index contributed by atoms with van der Waals surface area (Å²) < 4.78 is 0. The number of aromatic amines is 1. The van der Waals surface area contributed by atoms with Gasteiger partial charge in [0.05, 0.1) is 0 Å². The summed E-state index contributed by atoms with van der Waals surface area (Å²) in [6.45, 7) is 6.71. The summed E-state index contributed by atoms with van der Waals surface area (Å²) in [5, 5.41) is 0. The number of rotatable bonds is 8. The summed E-state index contributed by atoms with van der Waals surface area (Å²) in [5.74, 6) is 0. The van der Waals surface area contributed by atoms with E-state index in [1.807, 2.05) is 12.4 Å². The molecule has 2 rings (SSSR count). The van der Waals surface area contributed by atoms with Gasteiger partial charge >= 0.3 is 0 Å². The van der Waals surface area contributed by atoms with Crippen LogP contribution in [0, 0.1) is 13.8 Å². The van der Waals surface area contributed by atoms with Crippen LogP contribution >= 0.6 is 0 Å². The van der Waals surface area contributed by atoms with Gasteiger partial charge in [-0.1, -0.05) is 39.0 Å². The minimum atomic E-state index is 1.20. The van der Waals surface area contributed by atoms with Crippen LogP contribution in [0.2, 0.25) is 0 Å². The summed E-state index contributed by atoms with van der Waals surface area (Å²) in [6, 6.07) is 4.15. The van der Waals surface area contributed by atoms with Crippen LogP contribution in [0.5, 0.6) is 0 Å². The number of pyridine rings is 1. The third-order valence-corrected chi connectivity index (χ3v) is 4.34. The molecule has 0 aliphatic heterocycles. The predicted molar refractivity (Wildman–Crippen MR) is 90.6 cm³/mol. The molecule has 2 aromatic heterocycles. The zero-order valence-electron chi connectivity index (χ0n) is 13.7. The van der Waals surface area contributed by atoms with Gasteiger partial charge in [0.25, 0.3) is 0 Å². The Hall–Kier alpha value is -1.57. The Morgan fingerprint density at radius 3 is 2.33 bits per heavy atom. The Balaban J connectivity index is 1.96. The van der Waals surface area contributed by atoms with E-state index in [9.17, 15) is 0 Å². The van der Waals surface area contributed by atoms with Crippen molar-refractivity contribution in [3.05, 3.63) is 41.3 Å². The molecule has 21 heavy (non-hydrogen) atoms. The van der Waals surface area contributed by atoms with E-state index in [0.717, 1.165) is 0 Å². The molecule has 0 bridgehead atoms. The molecule has 0 fully saturated rings. The number of nitrogens with one attached hydrogen (secondary N) is 1. The average molecular weight is 284 g/mol. The first-order valence-corrected chi connectivity index (χ1v) is 8.32. The summed E-state index contributed by atoms with van der Waals surface area (Å²) in [4.78, 5) is 7.66. The number of aromatic nitrogens is 2. The Labute approximate surface area is 129 Å². The van der Waals surface area contributed by atoms with Gasteiger partial charge in [-0.25, -0.2) is 0 Å². The minimum absolute atomic E-state index is 1.20. The highest BCUT2D eigenvalue weighted by Gasteiger charge is 2.12. The van der Waals surface area contributed by atoms with Crippen molar-refractivity contribution < 1.29 is 0 Å². The second kappa shape index (κ2) is 8.02. The average Bonchev–Trinajstić information content (AvgIpc) is 2.79. The van der Waals surface area contributed by atoms with Crippen molar-refractivity contribution in [1.29, 1.82) is 0 Å². The highest BCUT2D eigenvalue weighted by Crippen LogP contribution is 2.28. The molecular formula is C19H28N2. The highest BCUT2D eigenvalue weighted by atomic mass is 14.7. The highest BCUT2D eigenvalue weighted by molar-refractivity contribution is 5.65. The molecular weight excluding hydrogens is 256 g/mol. The van der Waals surface area contributed by atoms with E-state index in [2.05, 4.69) is 42.9 Å². The van der Waals surface area contributed by atoms with Crippen molar-refractivity contribution in [1.82, 2.24) is 9.97 Å². The molecule has 1 N–H and O–H groups in total. The second-order valence-corrected chi connectivity index (χ2v) is 5.98. The van der Waals surface area contributed by atoms with E-state index in [-0.39, 0.29) is 0 Å². The van der Waals surface area contributed by atoms with Crippen LogP contribution in [-0.4, -0.2) is 9.97 Å². The molecule has 0 saturated heterocycles. The molecule has 2 nitrogen and oxygen atoms in total. The van der Waals surface area contributed by atoms with E-state index in [4.69, 9.17) is 0 Å². The molecule has 0 aromatic carbocycles. The van der Waals surface area contributed by atoms with Gasteiger partial charge in [0.2, 0.25) is 0 Å². The van der Waals surface area contributed by atoms with Crippen molar-refractivity contribution in [2.24, 2.45) is 0 Å². The van der Waals surface area contributed by atoms with E-state index in [1.54, 1.807) is 0 Å². The second-order valence-electron chi connectivity index (χ2n) is 5.98. The summed E-state index contributed by atoms with van der Waals surface area (Å²) in [7, 11) is 0. The van der Waals surface area contributed by atoms with Crippen molar-refractivity contribution in [3.8, 4) is 11.3 Å². The Bertz CT molecular complexity index is 540. The van der Waals surface area contributed by atoms with Crippen LogP contribution in [0.25, 0.3) is 11.3 Å². The van der Waals surface area contributed by atoms with Gasteiger partial charge < -0.3 is 4.98 Å². The zero-order chi connectivity index (χ0) is 15.1. The molecule has 0 saturated carbocycles. The molecule has 0 spiro atoms. The molecule has 0 aliphatic carbocycles. The summed E-state index contributed by atoms with van der Waals surface area (Å²) in [6.07, 6.45) is 13.1. The fraction of sp³-hybridized carbons (Fsp3) is 0.526. The van der Waals surface area contributed by atoms with Gasteiger partial charge in [-0.05, 0) is 49.9 Å². The molecule has 0 radical (unpaired) electrons. The van der Waals surface area contributed by atoms with Crippen LogP contribution in [0.1, 0.15) is 62.3 Å². The first kappa shape index (κ1) is 15.8. The third kappa shape index (κ3) is 4.20. The summed E-state index contributed by atoms with van der Waals surface area (Å²) >= 11 is 0. The maximum atomic E-state index is 4.10. The lowest BCUT2D eigenvalue weighted by molar-refractivity contribution is 0.606. The largest absolute Gasteiger partial charge is 0.358 e. The molecule has 0 atom stereocenters. The third-order valence-electron chi connectivity index (χ3n) is 4.34. The quantitative estimate of drug-likeness (QED) is 0.628. The van der Waals surface area contributed by atoms with Crippen molar-refractivity contribution in [2.75, 3.05) is 0 Å². The van der Waals surface area contributed by atoms with Gasteiger partial charge in [0.15, 0.2) is 0 Å². The van der Waals surface area contributed by atoms with Crippen LogP contribution in [-0.2, 0) is 6.42 Å². The lowest BCUT2D eigenvalue weighted by atomic mass is 10.0. The number of hydrogen-bond donors (Lipinski definition) is 1. The van der Waals surface area contributed by atoms with E-state index < -0.39 is 0 Å². The zero-order valence-corrected chi connectivity index (χ0v) is 13.7. The molecule has 0 amide bonds. The summed E-state index contributed by atoms with van der Waals surface area (Å²) in [5.41, 5.74) is 6.74. The van der Waals surface area contributed by atoms with Gasteiger partial charge in [-0.3, -0.25) is 4.98 Å².